The van der Waals surface area contributed by atoms with Gasteiger partial charge in [0.05, 0.1) is 0 Å². The summed E-state index contributed by atoms with van der Waals surface area (Å²) in [7, 11) is 0. The number of nitrogens with one attached hydrogen (secondary N) is 1. The first kappa shape index (κ1) is 19.4. The molecular weight excluding hydrogens is 364 g/mol. The van der Waals surface area contributed by atoms with Gasteiger partial charge in [0, 0.05) is 35.6 Å². The van der Waals surface area contributed by atoms with E-state index in [9.17, 15) is 4.79 Å². The molecule has 144 valence electrons. The lowest BCUT2D eigenvalue weighted by Gasteiger charge is -2.21. The molecule has 1 amide bonds. The molecule has 1 aromatic heterocycles. The molecule has 1 aliphatic rings. The largest absolute Gasteiger partial charge is 0.467 e. The zero-order valence-electron chi connectivity index (χ0n) is 15.8. The van der Waals surface area contributed by atoms with E-state index in [4.69, 9.17) is 16.3 Å². The standard InChI is InChI=1S/C20H25ClN4O2/c1-14-12-19(24-20(22-14)25-10-5-3-4-6-11-25)27-13-18(26)23-17-9-7-8-16(21)15(17)2/h7-9,12H,3-6,10-11,13H2,1-2H3,(H,23,26). The fraction of sp³-hybridized carbons (Fsp3) is 0.450. The summed E-state index contributed by atoms with van der Waals surface area (Å²) in [5, 5.41) is 3.43. The molecule has 2 aromatic rings. The number of ether oxygens (including phenoxy) is 1. The van der Waals surface area contributed by atoms with Crippen molar-refractivity contribution in [1.29, 1.82) is 0 Å². The van der Waals surface area contributed by atoms with E-state index in [1.807, 2.05) is 19.9 Å². The van der Waals surface area contributed by atoms with Crippen molar-refractivity contribution in [1.82, 2.24) is 9.97 Å². The van der Waals surface area contributed by atoms with E-state index >= 15 is 0 Å². The lowest BCUT2D eigenvalue weighted by atomic mass is 10.2. The highest BCUT2D eigenvalue weighted by molar-refractivity contribution is 6.31. The average Bonchev–Trinajstić information content (AvgIpc) is 2.93. The fourth-order valence-corrected chi connectivity index (χ4v) is 3.25. The topological polar surface area (TPSA) is 67.3 Å². The van der Waals surface area contributed by atoms with E-state index < -0.39 is 0 Å². The number of halogens is 1. The molecule has 3 rings (SSSR count). The van der Waals surface area contributed by atoms with Crippen molar-refractivity contribution < 1.29 is 9.53 Å². The molecule has 1 N–H and O–H groups in total. The summed E-state index contributed by atoms with van der Waals surface area (Å²) in [4.78, 5) is 23.5. The highest BCUT2D eigenvalue weighted by atomic mass is 35.5. The quantitative estimate of drug-likeness (QED) is 0.833. The predicted molar refractivity (Wildman–Crippen MR) is 108 cm³/mol. The monoisotopic (exact) mass is 388 g/mol. The van der Waals surface area contributed by atoms with Gasteiger partial charge in [0.2, 0.25) is 11.8 Å². The summed E-state index contributed by atoms with van der Waals surface area (Å²) in [6.45, 7) is 5.56. The number of hydrogen-bond donors (Lipinski definition) is 1. The number of carbonyl (C=O) groups excluding carboxylic acids is 1. The maximum Gasteiger partial charge on any atom is 0.262 e. The number of nitrogens with zero attached hydrogens (tertiary/aromatic N) is 3. The molecule has 0 aliphatic carbocycles. The lowest BCUT2D eigenvalue weighted by Crippen LogP contribution is -2.26. The molecule has 0 atom stereocenters. The van der Waals surface area contributed by atoms with Crippen LogP contribution in [0.4, 0.5) is 11.6 Å². The van der Waals surface area contributed by atoms with Crippen LogP contribution in [0.25, 0.3) is 0 Å². The third-order valence-electron chi connectivity index (χ3n) is 4.60. The summed E-state index contributed by atoms with van der Waals surface area (Å²) >= 11 is 6.09. The van der Waals surface area contributed by atoms with Gasteiger partial charge in [0.15, 0.2) is 6.61 Å². The molecule has 1 aromatic carbocycles. The molecular formula is C20H25ClN4O2. The second-order valence-electron chi connectivity index (χ2n) is 6.80. The van der Waals surface area contributed by atoms with E-state index in [0.717, 1.165) is 37.2 Å². The molecule has 0 saturated carbocycles. The molecule has 0 unspecified atom stereocenters. The van der Waals surface area contributed by atoms with Crippen molar-refractivity contribution in [3.8, 4) is 5.88 Å². The van der Waals surface area contributed by atoms with Crippen molar-refractivity contribution in [3.63, 3.8) is 0 Å². The number of hydrogen-bond acceptors (Lipinski definition) is 5. The Labute approximate surface area is 164 Å². The fourth-order valence-electron chi connectivity index (χ4n) is 3.08. The van der Waals surface area contributed by atoms with Crippen molar-refractivity contribution in [2.45, 2.75) is 39.5 Å². The van der Waals surface area contributed by atoms with Crippen LogP contribution in [0.3, 0.4) is 0 Å². The van der Waals surface area contributed by atoms with Crippen LogP contribution in [-0.4, -0.2) is 35.6 Å². The van der Waals surface area contributed by atoms with Gasteiger partial charge in [-0.15, -0.1) is 0 Å². The van der Waals surface area contributed by atoms with Crippen molar-refractivity contribution in [2.24, 2.45) is 0 Å². The van der Waals surface area contributed by atoms with Crippen LogP contribution < -0.4 is 15.0 Å². The van der Waals surface area contributed by atoms with E-state index in [1.54, 1.807) is 18.2 Å². The summed E-state index contributed by atoms with van der Waals surface area (Å²) in [5.74, 6) is 0.839. The normalized spacial score (nSPS) is 14.6. The zero-order chi connectivity index (χ0) is 19.2. The first-order valence-corrected chi connectivity index (χ1v) is 9.69. The number of anilines is 2. The molecule has 0 bridgehead atoms. The van der Waals surface area contributed by atoms with E-state index in [2.05, 4.69) is 20.2 Å². The average molecular weight is 389 g/mol. The number of benzene rings is 1. The van der Waals surface area contributed by atoms with Crippen LogP contribution >= 0.6 is 11.6 Å². The first-order chi connectivity index (χ1) is 13.0. The minimum absolute atomic E-state index is 0.123. The Hall–Kier alpha value is -2.34. The summed E-state index contributed by atoms with van der Waals surface area (Å²) in [6.07, 6.45) is 4.79. The number of aromatic nitrogens is 2. The van der Waals surface area contributed by atoms with Gasteiger partial charge in [-0.05, 0) is 44.4 Å². The second-order valence-corrected chi connectivity index (χ2v) is 7.21. The number of aryl methyl sites for hydroxylation is 1. The van der Waals surface area contributed by atoms with E-state index in [1.165, 1.54) is 12.8 Å². The molecule has 0 spiro atoms. The molecule has 0 radical (unpaired) electrons. The number of carbonyl (C=O) groups is 1. The highest BCUT2D eigenvalue weighted by Crippen LogP contribution is 2.23. The Morgan fingerprint density at radius 3 is 2.67 bits per heavy atom. The third kappa shape index (κ3) is 5.32. The zero-order valence-corrected chi connectivity index (χ0v) is 16.6. The van der Waals surface area contributed by atoms with Gasteiger partial charge in [0.1, 0.15) is 0 Å². The maximum absolute atomic E-state index is 12.2. The third-order valence-corrected chi connectivity index (χ3v) is 5.01. The molecule has 1 fully saturated rings. The summed E-state index contributed by atoms with van der Waals surface area (Å²) in [6, 6.07) is 7.15. The Morgan fingerprint density at radius 2 is 1.93 bits per heavy atom. The summed E-state index contributed by atoms with van der Waals surface area (Å²) < 4.78 is 5.63. The van der Waals surface area contributed by atoms with Crippen molar-refractivity contribution in [3.05, 3.63) is 40.5 Å². The molecule has 1 aliphatic heterocycles. The van der Waals surface area contributed by atoms with Crippen LogP contribution in [0.2, 0.25) is 5.02 Å². The van der Waals surface area contributed by atoms with Crippen molar-refractivity contribution in [2.75, 3.05) is 29.9 Å². The minimum Gasteiger partial charge on any atom is -0.467 e. The minimum atomic E-state index is -0.257. The smallest absolute Gasteiger partial charge is 0.262 e. The van der Waals surface area contributed by atoms with Crippen molar-refractivity contribution >= 4 is 29.1 Å². The lowest BCUT2D eigenvalue weighted by molar-refractivity contribution is -0.118. The van der Waals surface area contributed by atoms with Gasteiger partial charge >= 0.3 is 0 Å². The molecule has 1 saturated heterocycles. The van der Waals surface area contributed by atoms with Crippen LogP contribution in [0.15, 0.2) is 24.3 Å². The van der Waals surface area contributed by atoms with Gasteiger partial charge in [-0.3, -0.25) is 4.79 Å². The van der Waals surface area contributed by atoms with Gasteiger partial charge in [-0.1, -0.05) is 30.5 Å². The first-order valence-electron chi connectivity index (χ1n) is 9.31. The van der Waals surface area contributed by atoms with E-state index in [-0.39, 0.29) is 12.5 Å². The Morgan fingerprint density at radius 1 is 1.19 bits per heavy atom. The van der Waals surface area contributed by atoms with Gasteiger partial charge < -0.3 is 15.0 Å². The van der Waals surface area contributed by atoms with Crippen LogP contribution in [-0.2, 0) is 4.79 Å². The molecule has 2 heterocycles. The van der Waals surface area contributed by atoms with Crippen LogP contribution in [0.1, 0.15) is 36.9 Å². The maximum atomic E-state index is 12.2. The number of rotatable bonds is 5. The SMILES string of the molecule is Cc1cc(OCC(=O)Nc2cccc(Cl)c2C)nc(N2CCCCCC2)n1. The Balaban J connectivity index is 1.63. The van der Waals surface area contributed by atoms with Gasteiger partial charge in [0.25, 0.3) is 5.91 Å². The predicted octanol–water partition coefficient (Wildman–Crippen LogP) is 4.14. The Kier molecular flexibility index (Phi) is 6.50. The van der Waals surface area contributed by atoms with Crippen LogP contribution in [0.5, 0.6) is 5.88 Å². The molecule has 7 heteroatoms. The van der Waals surface area contributed by atoms with Crippen LogP contribution in [0, 0.1) is 13.8 Å². The molecule has 6 nitrogen and oxygen atoms in total. The highest BCUT2D eigenvalue weighted by Gasteiger charge is 2.15. The summed E-state index contributed by atoms with van der Waals surface area (Å²) in [5.41, 5.74) is 2.33. The Bertz CT molecular complexity index is 805. The molecule has 27 heavy (non-hydrogen) atoms. The second kappa shape index (κ2) is 9.04. The van der Waals surface area contributed by atoms with Gasteiger partial charge in [-0.2, -0.15) is 4.98 Å². The number of amides is 1. The van der Waals surface area contributed by atoms with E-state index in [0.29, 0.717) is 22.5 Å². The van der Waals surface area contributed by atoms with Gasteiger partial charge in [-0.25, -0.2) is 4.98 Å².